The van der Waals surface area contributed by atoms with Gasteiger partial charge in [-0.15, -0.1) is 10.2 Å². The molecule has 0 saturated carbocycles. The van der Waals surface area contributed by atoms with E-state index in [2.05, 4.69) is 45.1 Å². The van der Waals surface area contributed by atoms with Gasteiger partial charge in [-0.25, -0.2) is 0 Å². The smallest absolute Gasteiger partial charge is 0.196 e. The average Bonchev–Trinajstić information content (AvgIpc) is 2.96. The molecule has 2 atom stereocenters. The maximum atomic E-state index is 6.18. The minimum Gasteiger partial charge on any atom is -0.338 e. The molecule has 2 unspecified atom stereocenters. The van der Waals surface area contributed by atoms with E-state index >= 15 is 0 Å². The fourth-order valence-electron chi connectivity index (χ4n) is 2.96. The number of tetrazole rings is 1. The number of hydrogen-bond donors (Lipinski definition) is 2. The molecule has 1 aliphatic rings. The molecule has 6 heteroatoms. The molecule has 2 aromatic heterocycles. The molecule has 6 nitrogen and oxygen atoms in total. The van der Waals surface area contributed by atoms with Crippen LogP contribution >= 0.6 is 0 Å². The van der Waals surface area contributed by atoms with Gasteiger partial charge in [0.1, 0.15) is 0 Å². The molecule has 0 radical (unpaired) electrons. The lowest BCUT2D eigenvalue weighted by Crippen LogP contribution is -2.20. The van der Waals surface area contributed by atoms with Crippen LogP contribution in [0.25, 0.3) is 0 Å². The van der Waals surface area contributed by atoms with E-state index in [0.29, 0.717) is 0 Å². The number of nitrogens with two attached hydrogens (primary N) is 1. The SMILES string of the molecule is Cc1cc2c(n1C(C)c1nn[nH]n1)CCCC2N. The zero-order valence-corrected chi connectivity index (χ0v) is 10.7. The third-order valence-electron chi connectivity index (χ3n) is 3.82. The molecule has 2 aromatic rings. The molecular weight excluding hydrogens is 228 g/mol. The van der Waals surface area contributed by atoms with Crippen molar-refractivity contribution in [2.24, 2.45) is 5.73 Å². The third kappa shape index (κ3) is 1.64. The third-order valence-corrected chi connectivity index (χ3v) is 3.82. The molecule has 0 amide bonds. The topological polar surface area (TPSA) is 85.4 Å². The number of rotatable bonds is 2. The van der Waals surface area contributed by atoms with Gasteiger partial charge in [0.05, 0.1) is 6.04 Å². The van der Waals surface area contributed by atoms with Crippen molar-refractivity contribution in [2.45, 2.75) is 45.2 Å². The van der Waals surface area contributed by atoms with E-state index in [-0.39, 0.29) is 12.1 Å². The van der Waals surface area contributed by atoms with Crippen LogP contribution in [0.2, 0.25) is 0 Å². The Morgan fingerprint density at radius 2 is 2.39 bits per heavy atom. The molecule has 3 N–H and O–H groups in total. The first-order valence-corrected chi connectivity index (χ1v) is 6.38. The van der Waals surface area contributed by atoms with Gasteiger partial charge in [-0.3, -0.25) is 0 Å². The maximum absolute atomic E-state index is 6.18. The molecule has 3 rings (SSSR count). The molecule has 2 heterocycles. The van der Waals surface area contributed by atoms with Gasteiger partial charge < -0.3 is 10.3 Å². The zero-order chi connectivity index (χ0) is 12.7. The Bertz CT molecular complexity index is 541. The normalized spacial score (nSPS) is 20.7. The Labute approximate surface area is 106 Å². The van der Waals surface area contributed by atoms with Crippen LogP contribution in [-0.2, 0) is 6.42 Å². The number of aromatic nitrogens is 5. The fraction of sp³-hybridized carbons (Fsp3) is 0.583. The quantitative estimate of drug-likeness (QED) is 0.835. The van der Waals surface area contributed by atoms with Gasteiger partial charge in [-0.05, 0) is 44.7 Å². The zero-order valence-electron chi connectivity index (χ0n) is 10.7. The Hall–Kier alpha value is -1.69. The van der Waals surface area contributed by atoms with Gasteiger partial charge in [-0.2, -0.15) is 5.21 Å². The van der Waals surface area contributed by atoms with E-state index in [4.69, 9.17) is 5.73 Å². The molecule has 0 aliphatic heterocycles. The van der Waals surface area contributed by atoms with Crippen molar-refractivity contribution < 1.29 is 0 Å². The van der Waals surface area contributed by atoms with E-state index in [9.17, 15) is 0 Å². The number of H-pyrrole nitrogens is 1. The standard InChI is InChI=1S/C12H18N6/c1-7-6-9-10(13)4-3-5-11(9)18(7)8(2)12-14-16-17-15-12/h6,8,10H,3-5,13H2,1-2H3,(H,14,15,16,17). The summed E-state index contributed by atoms with van der Waals surface area (Å²) in [4.78, 5) is 0. The lowest BCUT2D eigenvalue weighted by Gasteiger charge is -2.23. The van der Waals surface area contributed by atoms with Crippen molar-refractivity contribution in [1.29, 1.82) is 0 Å². The van der Waals surface area contributed by atoms with Crippen LogP contribution in [0.15, 0.2) is 6.07 Å². The summed E-state index contributed by atoms with van der Waals surface area (Å²) in [5.41, 5.74) is 10.0. The largest absolute Gasteiger partial charge is 0.338 e. The van der Waals surface area contributed by atoms with Crippen molar-refractivity contribution >= 4 is 0 Å². The number of hydrogen-bond acceptors (Lipinski definition) is 4. The van der Waals surface area contributed by atoms with Crippen LogP contribution in [0.5, 0.6) is 0 Å². The van der Waals surface area contributed by atoms with Gasteiger partial charge >= 0.3 is 0 Å². The number of aryl methyl sites for hydroxylation is 1. The van der Waals surface area contributed by atoms with Crippen LogP contribution < -0.4 is 5.73 Å². The van der Waals surface area contributed by atoms with E-state index in [1.54, 1.807) is 0 Å². The highest BCUT2D eigenvalue weighted by atomic mass is 15.5. The predicted octanol–water partition coefficient (Wildman–Crippen LogP) is 1.26. The second-order valence-electron chi connectivity index (χ2n) is 5.00. The van der Waals surface area contributed by atoms with Crippen molar-refractivity contribution in [3.63, 3.8) is 0 Å². The Balaban J connectivity index is 2.07. The molecule has 18 heavy (non-hydrogen) atoms. The fourth-order valence-corrected chi connectivity index (χ4v) is 2.96. The molecular formula is C12H18N6. The van der Waals surface area contributed by atoms with Crippen LogP contribution in [0.3, 0.4) is 0 Å². The molecule has 96 valence electrons. The highest BCUT2D eigenvalue weighted by Gasteiger charge is 2.25. The minimum atomic E-state index is 0.0952. The van der Waals surface area contributed by atoms with E-state index in [1.165, 1.54) is 17.0 Å². The lowest BCUT2D eigenvalue weighted by atomic mass is 9.93. The Kier molecular flexibility index (Phi) is 2.66. The summed E-state index contributed by atoms with van der Waals surface area (Å²) in [6.45, 7) is 4.21. The summed E-state index contributed by atoms with van der Waals surface area (Å²) in [7, 11) is 0. The second kappa shape index (κ2) is 4.20. The Morgan fingerprint density at radius 1 is 1.56 bits per heavy atom. The van der Waals surface area contributed by atoms with Crippen LogP contribution in [0.4, 0.5) is 0 Å². The first-order chi connectivity index (χ1) is 8.68. The van der Waals surface area contributed by atoms with Gasteiger partial charge in [0.2, 0.25) is 0 Å². The first-order valence-electron chi connectivity index (χ1n) is 6.38. The van der Waals surface area contributed by atoms with Gasteiger partial charge in [0.15, 0.2) is 5.82 Å². The van der Waals surface area contributed by atoms with Crippen molar-refractivity contribution in [1.82, 2.24) is 25.2 Å². The maximum Gasteiger partial charge on any atom is 0.196 e. The summed E-state index contributed by atoms with van der Waals surface area (Å²) >= 11 is 0. The van der Waals surface area contributed by atoms with E-state index < -0.39 is 0 Å². The number of nitrogens with zero attached hydrogens (tertiary/aromatic N) is 4. The van der Waals surface area contributed by atoms with E-state index in [0.717, 1.165) is 25.1 Å². The van der Waals surface area contributed by atoms with E-state index in [1.807, 2.05) is 0 Å². The molecule has 0 fully saturated rings. The van der Waals surface area contributed by atoms with Crippen molar-refractivity contribution in [2.75, 3.05) is 0 Å². The van der Waals surface area contributed by atoms with Crippen molar-refractivity contribution in [3.05, 3.63) is 28.8 Å². The summed E-state index contributed by atoms with van der Waals surface area (Å²) in [5.74, 6) is 0.718. The molecule has 0 bridgehead atoms. The molecule has 0 saturated heterocycles. The number of aromatic amines is 1. The molecule has 0 aromatic carbocycles. The average molecular weight is 246 g/mol. The first kappa shape index (κ1) is 11.4. The number of fused-ring (bicyclic) bond motifs is 1. The van der Waals surface area contributed by atoms with Gasteiger partial charge in [0.25, 0.3) is 0 Å². The van der Waals surface area contributed by atoms with Crippen LogP contribution in [-0.4, -0.2) is 25.2 Å². The number of nitrogens with one attached hydrogen (secondary N) is 1. The van der Waals surface area contributed by atoms with Crippen LogP contribution in [0.1, 0.15) is 54.6 Å². The summed E-state index contributed by atoms with van der Waals surface area (Å²) in [6, 6.07) is 2.47. The minimum absolute atomic E-state index is 0.0952. The monoisotopic (exact) mass is 246 g/mol. The van der Waals surface area contributed by atoms with Gasteiger partial charge in [0, 0.05) is 17.4 Å². The highest BCUT2D eigenvalue weighted by Crippen LogP contribution is 2.33. The van der Waals surface area contributed by atoms with Crippen molar-refractivity contribution in [3.8, 4) is 0 Å². The molecule has 1 aliphatic carbocycles. The Morgan fingerprint density at radius 3 is 3.11 bits per heavy atom. The van der Waals surface area contributed by atoms with Gasteiger partial charge in [-0.1, -0.05) is 5.21 Å². The highest BCUT2D eigenvalue weighted by molar-refractivity contribution is 5.33. The lowest BCUT2D eigenvalue weighted by molar-refractivity contribution is 0.511. The summed E-state index contributed by atoms with van der Waals surface area (Å²) in [5, 5.41) is 14.3. The predicted molar refractivity (Wildman–Crippen MR) is 67.0 cm³/mol. The van der Waals surface area contributed by atoms with Crippen LogP contribution in [0, 0.1) is 6.92 Å². The second-order valence-corrected chi connectivity index (χ2v) is 5.00. The summed E-state index contributed by atoms with van der Waals surface area (Å²) < 4.78 is 2.29. The summed E-state index contributed by atoms with van der Waals surface area (Å²) in [6.07, 6.45) is 3.31. The molecule has 0 spiro atoms.